The minimum atomic E-state index is -3.17. The first kappa shape index (κ1) is 14.1. The second-order valence-electron chi connectivity index (χ2n) is 4.81. The van der Waals surface area contributed by atoms with E-state index in [1.165, 1.54) is 23.1 Å². The van der Waals surface area contributed by atoms with Gasteiger partial charge in [0.25, 0.3) is 5.91 Å². The Hall–Kier alpha value is -1.34. The average molecular weight is 286 g/mol. The Morgan fingerprint density at radius 3 is 2.53 bits per heavy atom. The first-order chi connectivity index (χ1) is 8.89. The lowest BCUT2D eigenvalue weighted by Gasteiger charge is -2.35. The standard InChI is InChI=1S/C12H18N2O4S/c1-13(19(2,16)17)11-3-6-14(7-4-11)12(15)10-5-8-18-9-10/h5,8-9,11H,3-4,6-7H2,1-2H3. The molecular formula is C12H18N2O4S. The van der Waals surface area contributed by atoms with Crippen molar-refractivity contribution in [1.82, 2.24) is 9.21 Å². The molecule has 0 N–H and O–H groups in total. The van der Waals surface area contributed by atoms with E-state index in [2.05, 4.69) is 0 Å². The smallest absolute Gasteiger partial charge is 0.257 e. The van der Waals surface area contributed by atoms with Gasteiger partial charge in [0.15, 0.2) is 0 Å². The van der Waals surface area contributed by atoms with Crippen LogP contribution in [0, 0.1) is 0 Å². The summed E-state index contributed by atoms with van der Waals surface area (Å²) >= 11 is 0. The zero-order valence-corrected chi connectivity index (χ0v) is 11.9. The topological polar surface area (TPSA) is 70.8 Å². The van der Waals surface area contributed by atoms with E-state index >= 15 is 0 Å². The van der Waals surface area contributed by atoms with Gasteiger partial charge in [0.05, 0.1) is 18.1 Å². The number of sulfonamides is 1. The minimum absolute atomic E-state index is 0.0246. The third-order valence-electron chi connectivity index (χ3n) is 3.56. The zero-order chi connectivity index (χ0) is 14.0. The summed E-state index contributed by atoms with van der Waals surface area (Å²) in [5, 5.41) is 0. The summed E-state index contributed by atoms with van der Waals surface area (Å²) in [5.74, 6) is -0.0609. The molecule has 1 saturated heterocycles. The normalized spacial score (nSPS) is 17.9. The maximum Gasteiger partial charge on any atom is 0.257 e. The number of hydrogen-bond donors (Lipinski definition) is 0. The highest BCUT2D eigenvalue weighted by Crippen LogP contribution is 2.19. The van der Waals surface area contributed by atoms with Crippen LogP contribution in [0.25, 0.3) is 0 Å². The fraction of sp³-hybridized carbons (Fsp3) is 0.583. The van der Waals surface area contributed by atoms with E-state index in [1.54, 1.807) is 18.0 Å². The van der Waals surface area contributed by atoms with E-state index < -0.39 is 10.0 Å². The van der Waals surface area contributed by atoms with Crippen molar-refractivity contribution in [2.24, 2.45) is 0 Å². The van der Waals surface area contributed by atoms with Crippen LogP contribution < -0.4 is 0 Å². The molecular weight excluding hydrogens is 268 g/mol. The molecule has 0 saturated carbocycles. The molecule has 0 aliphatic carbocycles. The third-order valence-corrected chi connectivity index (χ3v) is 4.90. The number of hydrogen-bond acceptors (Lipinski definition) is 4. The molecule has 2 heterocycles. The number of carbonyl (C=O) groups is 1. The van der Waals surface area contributed by atoms with Crippen LogP contribution in [0.1, 0.15) is 23.2 Å². The van der Waals surface area contributed by atoms with Crippen molar-refractivity contribution in [1.29, 1.82) is 0 Å². The molecule has 0 atom stereocenters. The van der Waals surface area contributed by atoms with E-state index in [4.69, 9.17) is 4.42 Å². The lowest BCUT2D eigenvalue weighted by Crippen LogP contribution is -2.46. The van der Waals surface area contributed by atoms with Gasteiger partial charge in [0.2, 0.25) is 10.0 Å². The zero-order valence-electron chi connectivity index (χ0n) is 11.1. The average Bonchev–Trinajstić information content (AvgIpc) is 2.90. The van der Waals surface area contributed by atoms with E-state index in [1.807, 2.05) is 0 Å². The van der Waals surface area contributed by atoms with Crippen LogP contribution in [0.15, 0.2) is 23.0 Å². The first-order valence-electron chi connectivity index (χ1n) is 6.14. The molecule has 1 aliphatic rings. The van der Waals surface area contributed by atoms with Crippen LogP contribution in [0.5, 0.6) is 0 Å². The van der Waals surface area contributed by atoms with Crippen molar-refractivity contribution >= 4 is 15.9 Å². The fourth-order valence-corrected chi connectivity index (χ4v) is 3.02. The Bertz CT molecular complexity index is 530. The van der Waals surface area contributed by atoms with Gasteiger partial charge in [-0.1, -0.05) is 0 Å². The van der Waals surface area contributed by atoms with Crippen molar-refractivity contribution in [3.05, 3.63) is 24.2 Å². The van der Waals surface area contributed by atoms with Crippen LogP contribution >= 0.6 is 0 Å². The molecule has 0 bridgehead atoms. The van der Waals surface area contributed by atoms with E-state index in [0.29, 0.717) is 31.5 Å². The molecule has 1 aliphatic heterocycles. The minimum Gasteiger partial charge on any atom is -0.472 e. The molecule has 7 heteroatoms. The molecule has 0 radical (unpaired) electrons. The molecule has 6 nitrogen and oxygen atoms in total. The predicted octanol–water partition coefficient (Wildman–Crippen LogP) is 0.776. The summed E-state index contributed by atoms with van der Waals surface area (Å²) < 4.78 is 29.2. The summed E-state index contributed by atoms with van der Waals surface area (Å²) in [6.07, 6.45) is 5.42. The van der Waals surface area contributed by atoms with Crippen LogP contribution in [0.2, 0.25) is 0 Å². The van der Waals surface area contributed by atoms with Gasteiger partial charge < -0.3 is 9.32 Å². The maximum atomic E-state index is 12.1. The van der Waals surface area contributed by atoms with Gasteiger partial charge in [0, 0.05) is 26.2 Å². The van der Waals surface area contributed by atoms with Crippen molar-refractivity contribution in [2.75, 3.05) is 26.4 Å². The lowest BCUT2D eigenvalue weighted by atomic mass is 10.0. The molecule has 1 aromatic heterocycles. The summed E-state index contributed by atoms with van der Waals surface area (Å²) in [7, 11) is -1.58. The predicted molar refractivity (Wildman–Crippen MR) is 70.2 cm³/mol. The molecule has 1 aromatic rings. The molecule has 0 aromatic carbocycles. The third kappa shape index (κ3) is 3.16. The Balaban J connectivity index is 1.95. The van der Waals surface area contributed by atoms with Gasteiger partial charge in [-0.05, 0) is 18.9 Å². The number of carbonyl (C=O) groups excluding carboxylic acids is 1. The van der Waals surface area contributed by atoms with Crippen LogP contribution in [0.3, 0.4) is 0 Å². The molecule has 1 amide bonds. The van der Waals surface area contributed by atoms with Crippen LogP contribution in [-0.2, 0) is 10.0 Å². The Morgan fingerprint density at radius 2 is 2.05 bits per heavy atom. The van der Waals surface area contributed by atoms with Crippen molar-refractivity contribution in [3.63, 3.8) is 0 Å². The number of furan rings is 1. The van der Waals surface area contributed by atoms with E-state index in [-0.39, 0.29) is 11.9 Å². The van der Waals surface area contributed by atoms with Crippen molar-refractivity contribution < 1.29 is 17.6 Å². The first-order valence-corrected chi connectivity index (χ1v) is 7.99. The largest absolute Gasteiger partial charge is 0.472 e. The van der Waals surface area contributed by atoms with Crippen LogP contribution in [-0.4, -0.2) is 56.0 Å². The van der Waals surface area contributed by atoms with Gasteiger partial charge in [-0.3, -0.25) is 4.79 Å². The summed E-state index contributed by atoms with van der Waals surface area (Å²) in [6.45, 7) is 1.13. The van der Waals surface area contributed by atoms with Gasteiger partial charge in [-0.15, -0.1) is 0 Å². The Morgan fingerprint density at radius 1 is 1.42 bits per heavy atom. The number of rotatable bonds is 3. The molecule has 2 rings (SSSR count). The quantitative estimate of drug-likeness (QED) is 0.823. The monoisotopic (exact) mass is 286 g/mol. The van der Waals surface area contributed by atoms with Gasteiger partial charge in [-0.2, -0.15) is 0 Å². The second kappa shape index (κ2) is 5.34. The van der Waals surface area contributed by atoms with E-state index in [9.17, 15) is 13.2 Å². The Kier molecular flexibility index (Phi) is 3.96. The Labute approximate surface area is 113 Å². The van der Waals surface area contributed by atoms with Gasteiger partial charge in [-0.25, -0.2) is 12.7 Å². The summed E-state index contributed by atoms with van der Waals surface area (Å²) in [5.41, 5.74) is 0.537. The second-order valence-corrected chi connectivity index (χ2v) is 6.86. The highest BCUT2D eigenvalue weighted by atomic mass is 32.2. The fourth-order valence-electron chi connectivity index (χ4n) is 2.27. The maximum absolute atomic E-state index is 12.1. The molecule has 106 valence electrons. The molecule has 0 unspecified atom stereocenters. The lowest BCUT2D eigenvalue weighted by molar-refractivity contribution is 0.0685. The summed E-state index contributed by atoms with van der Waals surface area (Å²) in [6, 6.07) is 1.61. The van der Waals surface area contributed by atoms with Gasteiger partial charge in [0.1, 0.15) is 6.26 Å². The number of likely N-dealkylation sites (tertiary alicyclic amines) is 1. The molecule has 1 fully saturated rings. The van der Waals surface area contributed by atoms with E-state index in [0.717, 1.165) is 0 Å². The summed E-state index contributed by atoms with van der Waals surface area (Å²) in [4.78, 5) is 13.8. The molecule has 0 spiro atoms. The highest BCUT2D eigenvalue weighted by Gasteiger charge is 2.29. The van der Waals surface area contributed by atoms with Crippen LogP contribution in [0.4, 0.5) is 0 Å². The SMILES string of the molecule is CN(C1CCN(C(=O)c2ccoc2)CC1)S(C)(=O)=O. The number of piperidine rings is 1. The van der Waals surface area contributed by atoms with Gasteiger partial charge >= 0.3 is 0 Å². The highest BCUT2D eigenvalue weighted by molar-refractivity contribution is 7.88. The number of amides is 1. The molecule has 19 heavy (non-hydrogen) atoms. The van der Waals surface area contributed by atoms with Crippen molar-refractivity contribution in [2.45, 2.75) is 18.9 Å². The number of nitrogens with zero attached hydrogens (tertiary/aromatic N) is 2. The van der Waals surface area contributed by atoms with Crippen molar-refractivity contribution in [3.8, 4) is 0 Å².